The van der Waals surface area contributed by atoms with Gasteiger partial charge in [-0.1, -0.05) is 0 Å². The molecule has 0 saturated carbocycles. The predicted octanol–water partition coefficient (Wildman–Crippen LogP) is 0.339. The molecular weight excluding hydrogens is 109 g/mol. The topological polar surface area (TPSA) is 58.6 Å². The normalized spacial score (nSPS) is 7.50. The van der Waals surface area contributed by atoms with Gasteiger partial charge in [-0.15, -0.1) is 0 Å². The molecule has 5 heteroatoms. The van der Waals surface area contributed by atoms with Crippen LogP contribution in [0.2, 0.25) is 0 Å². The molecule has 0 aliphatic rings. The summed E-state index contributed by atoms with van der Waals surface area (Å²) in [6, 6.07) is 0. The number of amides is 1. The Morgan fingerprint density at radius 2 is 2.50 bits per heavy atom. The highest BCUT2D eigenvalue weighted by atomic mass is 35.5. The molecule has 6 heavy (non-hydrogen) atoms. The van der Waals surface area contributed by atoms with Crippen LogP contribution >= 0.6 is 11.9 Å². The van der Waals surface area contributed by atoms with Crippen molar-refractivity contribution in [2.24, 2.45) is 0 Å². The molecule has 0 heterocycles. The first-order valence-electron chi connectivity index (χ1n) is 1.04. The summed E-state index contributed by atoms with van der Waals surface area (Å²) in [7, 11) is 0. The molecule has 0 aromatic rings. The number of hydroxylamine groups is 1. The summed E-state index contributed by atoms with van der Waals surface area (Å²) >= 11 is 4.40. The quantitative estimate of drug-likeness (QED) is 0.480. The van der Waals surface area contributed by atoms with E-state index in [1.807, 2.05) is 0 Å². The largest absolute Gasteiger partial charge is 0.464 e. The summed E-state index contributed by atoms with van der Waals surface area (Å²) in [6.07, 6.45) is -1.31. The first-order valence-corrected chi connectivity index (χ1v) is 1.34. The molecule has 0 atom stereocenters. The Morgan fingerprint density at radius 1 is 2.00 bits per heavy atom. The Balaban J connectivity index is 2.83. The van der Waals surface area contributed by atoms with Crippen LogP contribution in [0.15, 0.2) is 0 Å². The molecule has 0 spiro atoms. The van der Waals surface area contributed by atoms with Crippen molar-refractivity contribution in [3.63, 3.8) is 0 Å². The second-order valence-electron chi connectivity index (χ2n) is 0.484. The summed E-state index contributed by atoms with van der Waals surface area (Å²) in [6.45, 7) is 0. The number of carboxylic acid groups (broad SMARTS) is 1. The van der Waals surface area contributed by atoms with Gasteiger partial charge in [0.25, 0.3) is 0 Å². The van der Waals surface area contributed by atoms with Gasteiger partial charge in [0.2, 0.25) is 0 Å². The fourth-order valence-corrected chi connectivity index (χ4v) is 0.0990. The van der Waals surface area contributed by atoms with Crippen LogP contribution in [0.3, 0.4) is 0 Å². The number of nitrogens with one attached hydrogen (secondary N) is 1. The Morgan fingerprint density at radius 3 is 2.50 bits per heavy atom. The molecular formula is CH2ClNO3. The van der Waals surface area contributed by atoms with E-state index < -0.39 is 6.09 Å². The van der Waals surface area contributed by atoms with Crippen LogP contribution in [0, 0.1) is 0 Å². The number of hydrogen-bond acceptors (Lipinski definition) is 2. The summed E-state index contributed by atoms with van der Waals surface area (Å²) in [5.74, 6) is 0. The molecule has 1 amide bonds. The van der Waals surface area contributed by atoms with Gasteiger partial charge in [0.1, 0.15) is 0 Å². The molecule has 0 aliphatic heterocycles. The van der Waals surface area contributed by atoms with Gasteiger partial charge < -0.3 is 5.11 Å². The molecule has 2 N–H and O–H groups in total. The highest BCUT2D eigenvalue weighted by Crippen LogP contribution is 1.67. The lowest BCUT2D eigenvalue weighted by molar-refractivity contribution is 0.143. The minimum absolute atomic E-state index is 1.31. The Labute approximate surface area is 38.8 Å². The summed E-state index contributed by atoms with van der Waals surface area (Å²) in [5.41, 5.74) is 1.39. The molecule has 0 saturated heterocycles. The maximum atomic E-state index is 9.28. The van der Waals surface area contributed by atoms with Crippen LogP contribution in [0.1, 0.15) is 0 Å². The van der Waals surface area contributed by atoms with Gasteiger partial charge in [-0.05, 0) is 0 Å². The maximum absolute atomic E-state index is 9.28. The van der Waals surface area contributed by atoms with Crippen LogP contribution in [-0.4, -0.2) is 11.2 Å². The first-order chi connectivity index (χ1) is 2.77. The van der Waals surface area contributed by atoms with Crippen molar-refractivity contribution in [3.05, 3.63) is 0 Å². The average molecular weight is 111 g/mol. The summed E-state index contributed by atoms with van der Waals surface area (Å²) in [4.78, 5) is 9.28. The number of carbonyl (C=O) groups is 1. The lowest BCUT2D eigenvalue weighted by atomic mass is 11.3. The van der Waals surface area contributed by atoms with E-state index in [9.17, 15) is 4.79 Å². The molecule has 0 aliphatic carbocycles. The average Bonchev–Trinajstić information content (AvgIpc) is 1.35. The Kier molecular flexibility index (Phi) is 2.52. The zero-order valence-electron chi connectivity index (χ0n) is 2.64. The first kappa shape index (κ1) is 5.52. The van der Waals surface area contributed by atoms with Crippen molar-refractivity contribution in [1.82, 2.24) is 5.48 Å². The van der Waals surface area contributed by atoms with E-state index in [0.29, 0.717) is 0 Å². The van der Waals surface area contributed by atoms with Gasteiger partial charge in [0.15, 0.2) is 0 Å². The molecule has 0 rings (SSSR count). The highest BCUT2D eigenvalue weighted by molar-refractivity contribution is 6.07. The van der Waals surface area contributed by atoms with E-state index in [0.717, 1.165) is 0 Å². The van der Waals surface area contributed by atoms with E-state index >= 15 is 0 Å². The van der Waals surface area contributed by atoms with Crippen LogP contribution in [-0.2, 0) is 4.39 Å². The standard InChI is InChI=1S/CH2ClNO3/c2-6-3-1(4)5/h3H,(H,4,5). The van der Waals surface area contributed by atoms with Crippen LogP contribution in [0.4, 0.5) is 4.79 Å². The highest BCUT2D eigenvalue weighted by Gasteiger charge is 1.85. The molecule has 0 aromatic carbocycles. The van der Waals surface area contributed by atoms with E-state index in [1.165, 1.54) is 5.48 Å². The van der Waals surface area contributed by atoms with Gasteiger partial charge in [0, 0.05) is 0 Å². The zero-order valence-corrected chi connectivity index (χ0v) is 3.40. The molecule has 36 valence electrons. The van der Waals surface area contributed by atoms with Crippen LogP contribution in [0.5, 0.6) is 0 Å². The van der Waals surface area contributed by atoms with Gasteiger partial charge in [-0.3, -0.25) is 0 Å². The zero-order chi connectivity index (χ0) is 4.99. The number of halogens is 1. The molecule has 0 unspecified atom stereocenters. The molecule has 4 nitrogen and oxygen atoms in total. The summed E-state index contributed by atoms with van der Waals surface area (Å²) in [5, 5.41) is 7.59. The van der Waals surface area contributed by atoms with Crippen molar-refractivity contribution in [2.45, 2.75) is 0 Å². The predicted molar refractivity (Wildman–Crippen MR) is 18.1 cm³/mol. The minimum atomic E-state index is -1.31. The van der Waals surface area contributed by atoms with Crippen molar-refractivity contribution >= 4 is 18.0 Å². The Hall–Kier alpha value is -0.480. The lowest BCUT2D eigenvalue weighted by Crippen LogP contribution is -2.15. The van der Waals surface area contributed by atoms with E-state index in [2.05, 4.69) is 16.3 Å². The Bertz CT molecular complexity index is 54.8. The van der Waals surface area contributed by atoms with E-state index in [1.54, 1.807) is 0 Å². The van der Waals surface area contributed by atoms with Crippen molar-refractivity contribution in [1.29, 1.82) is 0 Å². The van der Waals surface area contributed by atoms with E-state index in [4.69, 9.17) is 5.11 Å². The number of rotatable bonds is 1. The van der Waals surface area contributed by atoms with Crippen molar-refractivity contribution in [3.8, 4) is 0 Å². The third kappa shape index (κ3) is 3.52. The monoisotopic (exact) mass is 111 g/mol. The van der Waals surface area contributed by atoms with Crippen LogP contribution in [0.25, 0.3) is 0 Å². The SMILES string of the molecule is O=C(O)NOCl. The fraction of sp³-hybridized carbons (Fsp3) is 0. The molecule has 0 fully saturated rings. The van der Waals surface area contributed by atoms with E-state index in [-0.39, 0.29) is 0 Å². The molecule has 0 aromatic heterocycles. The van der Waals surface area contributed by atoms with Gasteiger partial charge in [0.05, 0.1) is 11.9 Å². The molecule has 0 bridgehead atoms. The maximum Gasteiger partial charge on any atom is 0.430 e. The smallest absolute Gasteiger partial charge is 0.430 e. The van der Waals surface area contributed by atoms with Crippen molar-refractivity contribution in [2.75, 3.05) is 0 Å². The van der Waals surface area contributed by atoms with Gasteiger partial charge in [-0.25, -0.2) is 4.79 Å². The summed E-state index contributed by atoms with van der Waals surface area (Å²) < 4.78 is 3.43. The molecule has 0 radical (unpaired) electrons. The third-order valence-electron chi connectivity index (χ3n) is 0.126. The lowest BCUT2D eigenvalue weighted by Gasteiger charge is -1.84. The van der Waals surface area contributed by atoms with Gasteiger partial charge >= 0.3 is 6.09 Å². The van der Waals surface area contributed by atoms with Crippen LogP contribution < -0.4 is 5.48 Å². The third-order valence-corrected chi connectivity index (χ3v) is 0.203. The van der Waals surface area contributed by atoms with Gasteiger partial charge in [-0.2, -0.15) is 9.87 Å². The fourth-order valence-electron chi connectivity index (χ4n) is 0.0330. The second-order valence-corrected chi connectivity index (χ2v) is 0.639. The minimum Gasteiger partial charge on any atom is -0.464 e. The number of hydrogen-bond donors (Lipinski definition) is 2. The second kappa shape index (κ2) is 2.74. The van der Waals surface area contributed by atoms with Crippen molar-refractivity contribution < 1.29 is 14.3 Å².